The Labute approximate surface area is 115 Å². The third-order valence-electron chi connectivity index (χ3n) is 3.93. The highest BCUT2D eigenvalue weighted by Crippen LogP contribution is 2.22. The number of nitrogens with zero attached hydrogens (tertiary/aromatic N) is 2. The third-order valence-corrected chi connectivity index (χ3v) is 3.93. The van der Waals surface area contributed by atoms with Gasteiger partial charge in [-0.1, -0.05) is 12.2 Å². The van der Waals surface area contributed by atoms with E-state index in [0.29, 0.717) is 6.17 Å². The van der Waals surface area contributed by atoms with Gasteiger partial charge in [0.25, 0.3) is 0 Å². The summed E-state index contributed by atoms with van der Waals surface area (Å²) in [5.41, 5.74) is 0. The van der Waals surface area contributed by atoms with Gasteiger partial charge in [0.1, 0.15) is 5.82 Å². The molecule has 0 spiro atoms. The Balaban J connectivity index is 1.78. The van der Waals surface area contributed by atoms with Crippen LogP contribution in [0.5, 0.6) is 0 Å². The second-order valence-corrected chi connectivity index (χ2v) is 5.22. The van der Waals surface area contributed by atoms with Crippen molar-refractivity contribution in [3.63, 3.8) is 0 Å². The highest BCUT2D eigenvalue weighted by atomic mass is 16.5. The summed E-state index contributed by atoms with van der Waals surface area (Å²) in [6.07, 6.45) is 15.0. The van der Waals surface area contributed by atoms with Crippen molar-refractivity contribution in [2.75, 3.05) is 32.8 Å². The lowest BCUT2D eigenvalue weighted by atomic mass is 10.1. The van der Waals surface area contributed by atoms with E-state index in [9.17, 15) is 0 Å². The third kappa shape index (κ3) is 3.01. The summed E-state index contributed by atoms with van der Waals surface area (Å²) in [7, 11) is 0. The number of hydrogen-bond donors (Lipinski definition) is 1. The number of morpholine rings is 1. The van der Waals surface area contributed by atoms with Gasteiger partial charge in [-0.3, -0.25) is 5.32 Å². The molecule has 3 aliphatic rings. The Morgan fingerprint density at radius 1 is 1.11 bits per heavy atom. The molecule has 0 aliphatic carbocycles. The number of rotatable bonds is 2. The van der Waals surface area contributed by atoms with Crippen LogP contribution in [0.15, 0.2) is 36.3 Å². The zero-order valence-corrected chi connectivity index (χ0v) is 11.4. The van der Waals surface area contributed by atoms with E-state index in [1.54, 1.807) is 0 Å². The van der Waals surface area contributed by atoms with E-state index < -0.39 is 0 Å². The topological polar surface area (TPSA) is 27.7 Å². The van der Waals surface area contributed by atoms with Crippen molar-refractivity contribution in [1.29, 1.82) is 0 Å². The molecule has 0 aromatic carbocycles. The van der Waals surface area contributed by atoms with Crippen molar-refractivity contribution in [3.8, 4) is 0 Å². The molecule has 2 saturated heterocycles. The van der Waals surface area contributed by atoms with Gasteiger partial charge in [-0.2, -0.15) is 0 Å². The maximum atomic E-state index is 5.46. The number of nitrogens with one attached hydrogen (secondary N) is 1. The Bertz CT molecular complexity index is 377. The molecule has 19 heavy (non-hydrogen) atoms. The van der Waals surface area contributed by atoms with Gasteiger partial charge in [0.2, 0.25) is 0 Å². The second-order valence-electron chi connectivity index (χ2n) is 5.22. The highest BCUT2D eigenvalue weighted by molar-refractivity contribution is 5.22. The molecular formula is C15H23N3O. The van der Waals surface area contributed by atoms with Crippen LogP contribution in [0.25, 0.3) is 0 Å². The monoisotopic (exact) mass is 261 g/mol. The molecule has 104 valence electrons. The smallest absolute Gasteiger partial charge is 0.109 e. The average molecular weight is 261 g/mol. The van der Waals surface area contributed by atoms with E-state index in [0.717, 1.165) is 32.8 Å². The molecule has 4 heteroatoms. The predicted molar refractivity (Wildman–Crippen MR) is 76.2 cm³/mol. The standard InChI is InChI=1S/C15H23N3O/c1-2-7-15(17-10-12-19-13-11-17)18(9-5-1)14-6-3-4-8-16-14/h1-2,5,7,9,14,16H,3-4,6,8,10-13H2. The quantitative estimate of drug-likeness (QED) is 0.818. The molecule has 1 unspecified atom stereocenters. The maximum Gasteiger partial charge on any atom is 0.109 e. The highest BCUT2D eigenvalue weighted by Gasteiger charge is 2.25. The summed E-state index contributed by atoms with van der Waals surface area (Å²) in [6.45, 7) is 4.75. The van der Waals surface area contributed by atoms with Crippen molar-refractivity contribution in [3.05, 3.63) is 36.3 Å². The maximum absolute atomic E-state index is 5.46. The molecule has 4 nitrogen and oxygen atoms in total. The fourth-order valence-corrected chi connectivity index (χ4v) is 2.91. The average Bonchev–Trinajstić information content (AvgIpc) is 2.75. The van der Waals surface area contributed by atoms with Gasteiger partial charge in [0.05, 0.1) is 19.4 Å². The number of hydrogen-bond acceptors (Lipinski definition) is 4. The van der Waals surface area contributed by atoms with Gasteiger partial charge < -0.3 is 14.5 Å². The lowest BCUT2D eigenvalue weighted by Gasteiger charge is -2.41. The van der Waals surface area contributed by atoms with Crippen molar-refractivity contribution in [1.82, 2.24) is 15.1 Å². The zero-order chi connectivity index (χ0) is 12.9. The molecule has 0 saturated carbocycles. The van der Waals surface area contributed by atoms with Crippen LogP contribution >= 0.6 is 0 Å². The molecule has 0 aromatic rings. The van der Waals surface area contributed by atoms with Gasteiger partial charge in [0, 0.05) is 19.3 Å². The van der Waals surface area contributed by atoms with Crippen molar-refractivity contribution < 1.29 is 4.74 Å². The molecule has 1 atom stereocenters. The van der Waals surface area contributed by atoms with Crippen LogP contribution in [-0.4, -0.2) is 48.8 Å². The lowest BCUT2D eigenvalue weighted by Crippen LogP contribution is -2.50. The summed E-state index contributed by atoms with van der Waals surface area (Å²) in [6, 6.07) is 0. The molecule has 1 N–H and O–H groups in total. The first kappa shape index (κ1) is 12.8. The lowest BCUT2D eigenvalue weighted by molar-refractivity contribution is 0.0352. The SMILES string of the molecule is C1=CC=C(N2CCOCC2)N(C2CCCCN2)C=C1. The minimum Gasteiger partial charge on any atom is -0.378 e. The first-order valence-corrected chi connectivity index (χ1v) is 7.35. The van der Waals surface area contributed by atoms with Crippen molar-refractivity contribution in [2.24, 2.45) is 0 Å². The number of allylic oxidation sites excluding steroid dienone is 4. The van der Waals surface area contributed by atoms with Crippen molar-refractivity contribution >= 4 is 0 Å². The van der Waals surface area contributed by atoms with Gasteiger partial charge in [-0.15, -0.1) is 0 Å². The summed E-state index contributed by atoms with van der Waals surface area (Å²) in [5, 5.41) is 3.63. The van der Waals surface area contributed by atoms with E-state index in [1.807, 2.05) is 0 Å². The molecule has 3 aliphatic heterocycles. The van der Waals surface area contributed by atoms with Gasteiger partial charge in [0.15, 0.2) is 0 Å². The zero-order valence-electron chi connectivity index (χ0n) is 11.4. The van der Waals surface area contributed by atoms with Crippen LogP contribution in [0, 0.1) is 0 Å². The fourth-order valence-electron chi connectivity index (χ4n) is 2.91. The number of piperidine rings is 1. The molecule has 3 rings (SSSR count). The summed E-state index contributed by atoms with van der Waals surface area (Å²) in [5.74, 6) is 1.30. The molecular weight excluding hydrogens is 238 g/mol. The Kier molecular flexibility index (Phi) is 4.20. The largest absolute Gasteiger partial charge is 0.378 e. The Hall–Kier alpha value is -1.26. The molecule has 0 radical (unpaired) electrons. The van der Waals surface area contributed by atoms with E-state index in [2.05, 4.69) is 45.6 Å². The van der Waals surface area contributed by atoms with E-state index in [-0.39, 0.29) is 0 Å². The first-order chi connectivity index (χ1) is 9.45. The summed E-state index contributed by atoms with van der Waals surface area (Å²) < 4.78 is 5.46. The molecule has 0 bridgehead atoms. The van der Waals surface area contributed by atoms with Crippen molar-refractivity contribution in [2.45, 2.75) is 25.4 Å². The Morgan fingerprint density at radius 2 is 2.00 bits per heavy atom. The second kappa shape index (κ2) is 6.26. The normalized spacial score (nSPS) is 28.2. The van der Waals surface area contributed by atoms with Crippen LogP contribution < -0.4 is 5.32 Å². The summed E-state index contributed by atoms with van der Waals surface area (Å²) in [4.78, 5) is 4.82. The minimum absolute atomic E-state index is 0.430. The Morgan fingerprint density at radius 3 is 2.79 bits per heavy atom. The molecule has 0 amide bonds. The van der Waals surface area contributed by atoms with Crippen LogP contribution in [0.4, 0.5) is 0 Å². The minimum atomic E-state index is 0.430. The first-order valence-electron chi connectivity index (χ1n) is 7.35. The van der Waals surface area contributed by atoms with Crippen LogP contribution in [0.1, 0.15) is 19.3 Å². The fraction of sp³-hybridized carbons (Fsp3) is 0.600. The molecule has 2 fully saturated rings. The van der Waals surface area contributed by atoms with Gasteiger partial charge in [-0.05, 0) is 38.0 Å². The van der Waals surface area contributed by atoms with E-state index in [1.165, 1.54) is 25.1 Å². The van der Waals surface area contributed by atoms with Crippen LogP contribution in [0.2, 0.25) is 0 Å². The van der Waals surface area contributed by atoms with Crippen LogP contribution in [0.3, 0.4) is 0 Å². The van der Waals surface area contributed by atoms with Gasteiger partial charge in [-0.25, -0.2) is 0 Å². The van der Waals surface area contributed by atoms with E-state index >= 15 is 0 Å². The van der Waals surface area contributed by atoms with Crippen LogP contribution in [-0.2, 0) is 4.74 Å². The van der Waals surface area contributed by atoms with Gasteiger partial charge >= 0.3 is 0 Å². The summed E-state index contributed by atoms with van der Waals surface area (Å²) >= 11 is 0. The number of ether oxygens (including phenoxy) is 1. The van der Waals surface area contributed by atoms with E-state index in [4.69, 9.17) is 4.74 Å². The predicted octanol–water partition coefficient (Wildman–Crippen LogP) is 1.65. The molecule has 0 aromatic heterocycles. The molecule has 3 heterocycles.